The molecule has 0 saturated heterocycles. The Morgan fingerprint density at radius 2 is 1.91 bits per heavy atom. The average molecular weight is 302 g/mol. The fourth-order valence-electron chi connectivity index (χ4n) is 1.83. The van der Waals surface area contributed by atoms with Gasteiger partial charge in [-0.3, -0.25) is 14.9 Å². The molecular formula is C15H14N2O5. The van der Waals surface area contributed by atoms with Crippen LogP contribution in [-0.2, 0) is 6.61 Å². The van der Waals surface area contributed by atoms with Crippen LogP contribution < -0.4 is 15.2 Å². The van der Waals surface area contributed by atoms with Gasteiger partial charge < -0.3 is 15.2 Å². The van der Waals surface area contributed by atoms with Crippen molar-refractivity contribution in [3.8, 4) is 11.5 Å². The maximum Gasteiger partial charge on any atom is 0.269 e. The molecule has 1 amide bonds. The minimum absolute atomic E-state index is 0.00558. The summed E-state index contributed by atoms with van der Waals surface area (Å²) in [6.07, 6.45) is 0. The number of amides is 1. The lowest BCUT2D eigenvalue weighted by Crippen LogP contribution is -2.13. The Kier molecular flexibility index (Phi) is 4.57. The smallest absolute Gasteiger partial charge is 0.269 e. The van der Waals surface area contributed by atoms with Gasteiger partial charge in [-0.25, -0.2) is 0 Å². The Balaban J connectivity index is 2.14. The summed E-state index contributed by atoms with van der Waals surface area (Å²) in [6, 6.07) is 10.7. The molecule has 2 aromatic rings. The summed E-state index contributed by atoms with van der Waals surface area (Å²) in [5, 5.41) is 10.6. The van der Waals surface area contributed by atoms with Crippen LogP contribution in [0.1, 0.15) is 15.9 Å². The van der Waals surface area contributed by atoms with Crippen molar-refractivity contribution in [2.45, 2.75) is 6.61 Å². The number of carbonyl (C=O) groups excluding carboxylic acids is 1. The number of nitro benzene ring substituents is 1. The van der Waals surface area contributed by atoms with Crippen LogP contribution in [0.4, 0.5) is 5.69 Å². The standard InChI is InChI=1S/C15H14N2O5/c1-21-12-6-7-14(13(8-12)15(16)18)22-9-10-2-4-11(5-3-10)17(19)20/h2-8H,9H2,1H3,(H2,16,18). The van der Waals surface area contributed by atoms with Crippen LogP contribution >= 0.6 is 0 Å². The second kappa shape index (κ2) is 6.57. The normalized spacial score (nSPS) is 10.0. The van der Waals surface area contributed by atoms with E-state index < -0.39 is 10.8 Å². The summed E-state index contributed by atoms with van der Waals surface area (Å²) in [6.45, 7) is 0.157. The molecule has 0 spiro atoms. The van der Waals surface area contributed by atoms with Crippen molar-refractivity contribution in [3.05, 3.63) is 63.7 Å². The van der Waals surface area contributed by atoms with Crippen molar-refractivity contribution in [2.75, 3.05) is 7.11 Å². The Bertz CT molecular complexity index is 698. The summed E-state index contributed by atoms with van der Waals surface area (Å²) < 4.78 is 10.6. The third-order valence-electron chi connectivity index (χ3n) is 2.99. The van der Waals surface area contributed by atoms with Gasteiger partial charge in [-0.05, 0) is 35.9 Å². The number of methoxy groups -OCH3 is 1. The number of hydrogen-bond donors (Lipinski definition) is 1. The van der Waals surface area contributed by atoms with Gasteiger partial charge in [0.1, 0.15) is 18.1 Å². The number of non-ortho nitro benzene ring substituents is 1. The van der Waals surface area contributed by atoms with Gasteiger partial charge in [-0.1, -0.05) is 0 Å². The monoisotopic (exact) mass is 302 g/mol. The third-order valence-corrected chi connectivity index (χ3v) is 2.99. The van der Waals surface area contributed by atoms with Gasteiger partial charge in [-0.2, -0.15) is 0 Å². The number of benzene rings is 2. The van der Waals surface area contributed by atoms with Crippen LogP contribution in [0.2, 0.25) is 0 Å². The molecule has 0 aromatic heterocycles. The van der Waals surface area contributed by atoms with Gasteiger partial charge in [0.2, 0.25) is 0 Å². The topological polar surface area (TPSA) is 105 Å². The predicted molar refractivity (Wildman–Crippen MR) is 78.9 cm³/mol. The van der Waals surface area contributed by atoms with E-state index in [2.05, 4.69) is 0 Å². The Labute approximate surface area is 126 Å². The predicted octanol–water partition coefficient (Wildman–Crippen LogP) is 2.28. The molecule has 0 aliphatic carbocycles. The van der Waals surface area contributed by atoms with Gasteiger partial charge in [-0.15, -0.1) is 0 Å². The molecule has 2 rings (SSSR count). The van der Waals surface area contributed by atoms with E-state index in [-0.39, 0.29) is 17.9 Å². The lowest BCUT2D eigenvalue weighted by atomic mass is 10.1. The first kappa shape index (κ1) is 15.3. The van der Waals surface area contributed by atoms with Crippen molar-refractivity contribution in [2.24, 2.45) is 5.73 Å². The number of primary amides is 1. The zero-order valence-electron chi connectivity index (χ0n) is 11.8. The lowest BCUT2D eigenvalue weighted by molar-refractivity contribution is -0.384. The van der Waals surface area contributed by atoms with Crippen molar-refractivity contribution in [1.29, 1.82) is 0 Å². The SMILES string of the molecule is COc1ccc(OCc2ccc([N+](=O)[O-])cc2)c(C(N)=O)c1. The number of nitro groups is 1. The highest BCUT2D eigenvalue weighted by atomic mass is 16.6. The van der Waals surface area contributed by atoms with E-state index in [1.54, 1.807) is 24.3 Å². The molecule has 2 N–H and O–H groups in total. The number of hydrogen-bond acceptors (Lipinski definition) is 5. The van der Waals surface area contributed by atoms with Gasteiger partial charge in [0.25, 0.3) is 11.6 Å². The number of nitrogens with two attached hydrogens (primary N) is 1. The highest BCUT2D eigenvalue weighted by Crippen LogP contribution is 2.25. The summed E-state index contributed by atoms with van der Waals surface area (Å²) in [5.41, 5.74) is 6.26. The minimum atomic E-state index is -0.627. The van der Waals surface area contributed by atoms with E-state index in [0.29, 0.717) is 11.5 Å². The van der Waals surface area contributed by atoms with Crippen LogP contribution in [0.3, 0.4) is 0 Å². The van der Waals surface area contributed by atoms with Gasteiger partial charge >= 0.3 is 0 Å². The van der Waals surface area contributed by atoms with Crippen LogP contribution in [-0.4, -0.2) is 17.9 Å². The molecule has 114 valence electrons. The van der Waals surface area contributed by atoms with Crippen LogP contribution in [0, 0.1) is 10.1 Å². The molecule has 7 heteroatoms. The second-order valence-corrected chi connectivity index (χ2v) is 4.44. The van der Waals surface area contributed by atoms with E-state index >= 15 is 0 Å². The van der Waals surface area contributed by atoms with Gasteiger partial charge in [0, 0.05) is 12.1 Å². The molecule has 2 aromatic carbocycles. The summed E-state index contributed by atoms with van der Waals surface area (Å²) in [5.74, 6) is 0.195. The fraction of sp³-hybridized carbons (Fsp3) is 0.133. The number of rotatable bonds is 6. The minimum Gasteiger partial charge on any atom is -0.497 e. The lowest BCUT2D eigenvalue weighted by Gasteiger charge is -2.11. The molecule has 7 nitrogen and oxygen atoms in total. The Hall–Kier alpha value is -3.09. The first-order valence-electron chi connectivity index (χ1n) is 6.35. The molecule has 0 bridgehead atoms. The first-order chi connectivity index (χ1) is 10.5. The van der Waals surface area contributed by atoms with Crippen LogP contribution in [0.5, 0.6) is 11.5 Å². The van der Waals surface area contributed by atoms with Gasteiger partial charge in [0.05, 0.1) is 17.6 Å². The molecule has 0 radical (unpaired) electrons. The number of ether oxygens (including phenoxy) is 2. The third kappa shape index (κ3) is 3.51. The molecule has 0 fully saturated rings. The summed E-state index contributed by atoms with van der Waals surface area (Å²) >= 11 is 0. The fourth-order valence-corrected chi connectivity index (χ4v) is 1.83. The molecule has 0 aliphatic heterocycles. The molecule has 0 atom stereocenters. The summed E-state index contributed by atoms with van der Waals surface area (Å²) in [4.78, 5) is 21.5. The largest absolute Gasteiger partial charge is 0.497 e. The maximum atomic E-state index is 11.4. The molecule has 0 saturated carbocycles. The van der Waals surface area contributed by atoms with Crippen molar-refractivity contribution >= 4 is 11.6 Å². The zero-order chi connectivity index (χ0) is 16.1. The van der Waals surface area contributed by atoms with E-state index in [0.717, 1.165) is 5.56 Å². The second-order valence-electron chi connectivity index (χ2n) is 4.44. The van der Waals surface area contributed by atoms with Crippen molar-refractivity contribution in [1.82, 2.24) is 0 Å². The zero-order valence-corrected chi connectivity index (χ0v) is 11.8. The van der Waals surface area contributed by atoms with Crippen molar-refractivity contribution < 1.29 is 19.2 Å². The molecule has 0 aliphatic rings. The quantitative estimate of drug-likeness (QED) is 0.651. The molecule has 0 heterocycles. The Morgan fingerprint density at radius 1 is 1.23 bits per heavy atom. The highest BCUT2D eigenvalue weighted by molar-refractivity contribution is 5.96. The maximum absolute atomic E-state index is 11.4. The van der Waals surface area contributed by atoms with Crippen LogP contribution in [0.15, 0.2) is 42.5 Å². The van der Waals surface area contributed by atoms with E-state index in [1.807, 2.05) is 0 Å². The van der Waals surface area contributed by atoms with E-state index in [1.165, 1.54) is 25.3 Å². The highest BCUT2D eigenvalue weighted by Gasteiger charge is 2.11. The number of carbonyl (C=O) groups is 1. The van der Waals surface area contributed by atoms with E-state index in [9.17, 15) is 14.9 Å². The van der Waals surface area contributed by atoms with Crippen LogP contribution in [0.25, 0.3) is 0 Å². The first-order valence-corrected chi connectivity index (χ1v) is 6.35. The van der Waals surface area contributed by atoms with Crippen molar-refractivity contribution in [3.63, 3.8) is 0 Å². The molecule has 0 unspecified atom stereocenters. The van der Waals surface area contributed by atoms with E-state index in [4.69, 9.17) is 15.2 Å². The summed E-state index contributed by atoms with van der Waals surface area (Å²) in [7, 11) is 1.48. The Morgan fingerprint density at radius 3 is 2.45 bits per heavy atom. The molecular weight excluding hydrogens is 288 g/mol. The number of nitrogens with zero attached hydrogens (tertiary/aromatic N) is 1. The molecule has 22 heavy (non-hydrogen) atoms. The average Bonchev–Trinajstić information content (AvgIpc) is 2.53. The van der Waals surface area contributed by atoms with Gasteiger partial charge in [0.15, 0.2) is 0 Å².